The zero-order chi connectivity index (χ0) is 12.3. The molecule has 2 rings (SSSR count). The molecule has 0 aliphatic heterocycles. The summed E-state index contributed by atoms with van der Waals surface area (Å²) in [5.41, 5.74) is 6.69. The molecule has 0 spiro atoms. The molecule has 1 aliphatic rings. The molecule has 2 N–H and O–H groups in total. The van der Waals surface area contributed by atoms with Crippen LogP contribution in [-0.2, 0) is 4.74 Å². The van der Waals surface area contributed by atoms with E-state index in [9.17, 15) is 4.79 Å². The molecule has 17 heavy (non-hydrogen) atoms. The number of hydrogen-bond donors (Lipinski definition) is 1. The molecule has 3 nitrogen and oxygen atoms in total. The molecule has 0 aromatic heterocycles. The fourth-order valence-corrected chi connectivity index (χ4v) is 2.26. The lowest BCUT2D eigenvalue weighted by atomic mass is 9.83. The molecule has 1 aromatic rings. The van der Waals surface area contributed by atoms with Gasteiger partial charge in [0.1, 0.15) is 0 Å². The maximum Gasteiger partial charge on any atom is 0.340 e. The molecule has 92 valence electrons. The summed E-state index contributed by atoms with van der Waals surface area (Å²) >= 11 is 3.29. The zero-order valence-electron chi connectivity index (χ0n) is 9.62. The maximum atomic E-state index is 11.8. The van der Waals surface area contributed by atoms with Crippen LogP contribution in [0.5, 0.6) is 0 Å². The molecule has 1 fully saturated rings. The van der Waals surface area contributed by atoms with Crippen LogP contribution in [0.4, 0.5) is 5.69 Å². The third-order valence-electron chi connectivity index (χ3n) is 3.26. The lowest BCUT2D eigenvalue weighted by Gasteiger charge is -2.24. The Kier molecular flexibility index (Phi) is 4.05. The van der Waals surface area contributed by atoms with Crippen molar-refractivity contribution < 1.29 is 9.53 Å². The molecule has 0 radical (unpaired) electrons. The Hall–Kier alpha value is -1.03. The fraction of sp³-hybridized carbons (Fsp3) is 0.462. The number of nitrogen functional groups attached to an aromatic ring is 1. The van der Waals surface area contributed by atoms with E-state index in [-0.39, 0.29) is 5.97 Å². The van der Waals surface area contributed by atoms with Crippen molar-refractivity contribution in [3.05, 3.63) is 28.2 Å². The van der Waals surface area contributed by atoms with Gasteiger partial charge in [0.15, 0.2) is 0 Å². The highest BCUT2D eigenvalue weighted by molar-refractivity contribution is 9.10. The molecule has 1 aliphatic carbocycles. The van der Waals surface area contributed by atoms with Crippen LogP contribution in [0.1, 0.15) is 36.0 Å². The van der Waals surface area contributed by atoms with Gasteiger partial charge in [-0.25, -0.2) is 4.79 Å². The number of benzene rings is 1. The first-order valence-electron chi connectivity index (χ1n) is 5.89. The predicted octanol–water partition coefficient (Wildman–Crippen LogP) is 3.38. The first kappa shape index (κ1) is 12.4. The molecular formula is C13H16BrNO2. The average Bonchev–Trinajstić information content (AvgIpc) is 2.25. The molecule has 0 amide bonds. The number of anilines is 1. The Morgan fingerprint density at radius 3 is 2.88 bits per heavy atom. The second-order valence-corrected chi connectivity index (χ2v) is 5.28. The summed E-state index contributed by atoms with van der Waals surface area (Å²) in [6, 6.07) is 5.27. The van der Waals surface area contributed by atoms with E-state index in [1.54, 1.807) is 18.2 Å². The number of esters is 1. The van der Waals surface area contributed by atoms with Gasteiger partial charge in [-0.2, -0.15) is 0 Å². The van der Waals surface area contributed by atoms with Crippen LogP contribution in [0.2, 0.25) is 0 Å². The van der Waals surface area contributed by atoms with E-state index in [2.05, 4.69) is 15.9 Å². The summed E-state index contributed by atoms with van der Waals surface area (Å²) in [5, 5.41) is 0. The number of carbonyl (C=O) groups excluding carboxylic acids is 1. The van der Waals surface area contributed by atoms with Crippen molar-refractivity contribution in [2.45, 2.75) is 25.7 Å². The van der Waals surface area contributed by atoms with E-state index in [0.29, 0.717) is 17.9 Å². The van der Waals surface area contributed by atoms with Crippen LogP contribution in [0.3, 0.4) is 0 Å². The van der Waals surface area contributed by atoms with Crippen molar-refractivity contribution in [2.75, 3.05) is 12.3 Å². The molecule has 0 heterocycles. The Bertz CT molecular complexity index is 416. The Balaban J connectivity index is 1.87. The largest absolute Gasteiger partial charge is 0.462 e. The average molecular weight is 298 g/mol. The van der Waals surface area contributed by atoms with E-state index in [1.807, 2.05) is 0 Å². The molecule has 4 heteroatoms. The third-order valence-corrected chi connectivity index (χ3v) is 3.95. The fourth-order valence-electron chi connectivity index (χ4n) is 1.89. The van der Waals surface area contributed by atoms with Crippen LogP contribution in [0.25, 0.3) is 0 Å². The highest BCUT2D eigenvalue weighted by Gasteiger charge is 2.18. The smallest absolute Gasteiger partial charge is 0.340 e. The number of hydrogen-bond acceptors (Lipinski definition) is 3. The standard InChI is InChI=1S/C13H16BrNO2/c14-11-6-2-5-10(12(11)15)13(16)17-8-7-9-3-1-4-9/h2,5-6,9H,1,3-4,7-8,15H2. The quantitative estimate of drug-likeness (QED) is 0.685. The summed E-state index contributed by atoms with van der Waals surface area (Å²) in [4.78, 5) is 11.8. The van der Waals surface area contributed by atoms with E-state index in [0.717, 1.165) is 16.8 Å². The van der Waals surface area contributed by atoms with Gasteiger partial charge in [0.05, 0.1) is 17.9 Å². The van der Waals surface area contributed by atoms with Gasteiger partial charge in [-0.1, -0.05) is 25.3 Å². The molecule has 0 bridgehead atoms. The van der Waals surface area contributed by atoms with Gasteiger partial charge >= 0.3 is 5.97 Å². The Morgan fingerprint density at radius 2 is 2.24 bits per heavy atom. The van der Waals surface area contributed by atoms with Crippen molar-refractivity contribution in [1.82, 2.24) is 0 Å². The lowest BCUT2D eigenvalue weighted by molar-refractivity contribution is 0.0465. The first-order chi connectivity index (χ1) is 8.18. The molecule has 0 saturated heterocycles. The summed E-state index contributed by atoms with van der Waals surface area (Å²) < 4.78 is 5.96. The SMILES string of the molecule is Nc1c(Br)cccc1C(=O)OCCC1CCC1. The Labute approximate surface area is 109 Å². The number of halogens is 1. The van der Waals surface area contributed by atoms with Crippen LogP contribution in [-0.4, -0.2) is 12.6 Å². The Morgan fingerprint density at radius 1 is 1.47 bits per heavy atom. The monoisotopic (exact) mass is 297 g/mol. The van der Waals surface area contributed by atoms with Crippen molar-refractivity contribution >= 4 is 27.6 Å². The van der Waals surface area contributed by atoms with Crippen molar-refractivity contribution in [1.29, 1.82) is 0 Å². The number of carbonyl (C=O) groups is 1. The van der Waals surface area contributed by atoms with Crippen LogP contribution < -0.4 is 5.73 Å². The summed E-state index contributed by atoms with van der Waals surface area (Å²) in [5.74, 6) is 0.422. The third kappa shape index (κ3) is 3.00. The predicted molar refractivity (Wildman–Crippen MR) is 70.8 cm³/mol. The highest BCUT2D eigenvalue weighted by atomic mass is 79.9. The number of para-hydroxylation sites is 1. The van der Waals surface area contributed by atoms with E-state index < -0.39 is 0 Å². The molecule has 1 aromatic carbocycles. The first-order valence-corrected chi connectivity index (χ1v) is 6.69. The molecule has 0 unspecified atom stereocenters. The summed E-state index contributed by atoms with van der Waals surface area (Å²) in [6.07, 6.45) is 4.84. The van der Waals surface area contributed by atoms with Crippen LogP contribution in [0.15, 0.2) is 22.7 Å². The second-order valence-electron chi connectivity index (χ2n) is 4.42. The van der Waals surface area contributed by atoms with E-state index in [4.69, 9.17) is 10.5 Å². The zero-order valence-corrected chi connectivity index (χ0v) is 11.2. The van der Waals surface area contributed by atoms with Crippen molar-refractivity contribution in [2.24, 2.45) is 5.92 Å². The van der Waals surface area contributed by atoms with E-state index >= 15 is 0 Å². The van der Waals surface area contributed by atoms with Gasteiger partial charge in [-0.15, -0.1) is 0 Å². The van der Waals surface area contributed by atoms with Gasteiger partial charge in [0.2, 0.25) is 0 Å². The molecule has 1 saturated carbocycles. The summed E-state index contributed by atoms with van der Waals surface area (Å²) in [6.45, 7) is 0.495. The van der Waals surface area contributed by atoms with Crippen LogP contribution >= 0.6 is 15.9 Å². The summed E-state index contributed by atoms with van der Waals surface area (Å²) in [7, 11) is 0. The number of nitrogens with two attached hydrogens (primary N) is 1. The van der Waals surface area contributed by atoms with Crippen molar-refractivity contribution in [3.63, 3.8) is 0 Å². The van der Waals surface area contributed by atoms with Gasteiger partial charge in [-0.05, 0) is 40.4 Å². The van der Waals surface area contributed by atoms with Crippen LogP contribution in [0, 0.1) is 5.92 Å². The van der Waals surface area contributed by atoms with Gasteiger partial charge in [0.25, 0.3) is 0 Å². The minimum atomic E-state index is -0.330. The normalized spacial score (nSPS) is 15.4. The minimum Gasteiger partial charge on any atom is -0.462 e. The van der Waals surface area contributed by atoms with Gasteiger partial charge < -0.3 is 10.5 Å². The number of rotatable bonds is 4. The second kappa shape index (κ2) is 5.54. The number of ether oxygens (including phenoxy) is 1. The topological polar surface area (TPSA) is 52.3 Å². The minimum absolute atomic E-state index is 0.330. The maximum absolute atomic E-state index is 11.8. The van der Waals surface area contributed by atoms with Gasteiger partial charge in [0, 0.05) is 4.47 Å². The molecular weight excluding hydrogens is 282 g/mol. The van der Waals surface area contributed by atoms with Crippen molar-refractivity contribution in [3.8, 4) is 0 Å². The highest BCUT2D eigenvalue weighted by Crippen LogP contribution is 2.29. The van der Waals surface area contributed by atoms with Gasteiger partial charge in [-0.3, -0.25) is 0 Å². The van der Waals surface area contributed by atoms with E-state index in [1.165, 1.54) is 19.3 Å². The lowest BCUT2D eigenvalue weighted by Crippen LogP contribution is -2.16. The molecule has 0 atom stereocenters.